The summed E-state index contributed by atoms with van der Waals surface area (Å²) in [5.41, 5.74) is 0.193. The topological polar surface area (TPSA) is 74.5 Å². The van der Waals surface area contributed by atoms with Crippen molar-refractivity contribution in [1.82, 2.24) is 5.32 Å². The van der Waals surface area contributed by atoms with Crippen molar-refractivity contribution in [3.8, 4) is 6.19 Å². The third kappa shape index (κ3) is 6.81. The van der Waals surface area contributed by atoms with Gasteiger partial charge in [0, 0.05) is 0 Å². The van der Waals surface area contributed by atoms with Gasteiger partial charge in [-0.25, -0.2) is 4.99 Å². The van der Waals surface area contributed by atoms with Crippen LogP contribution in [0.5, 0.6) is 0 Å². The van der Waals surface area contributed by atoms with Gasteiger partial charge in [-0.3, -0.25) is 10.1 Å². The normalized spacial score (nSPS) is 11.6. The van der Waals surface area contributed by atoms with Gasteiger partial charge in [-0.15, -0.1) is 0 Å². The maximum absolute atomic E-state index is 11.6. The van der Waals surface area contributed by atoms with E-state index in [0.29, 0.717) is 10.9 Å². The number of para-hydroxylation sites is 1. The van der Waals surface area contributed by atoms with Gasteiger partial charge in [-0.1, -0.05) is 30.0 Å². The highest BCUT2D eigenvalue weighted by Crippen LogP contribution is 2.15. The zero-order valence-electron chi connectivity index (χ0n) is 11.7. The van der Waals surface area contributed by atoms with E-state index in [9.17, 15) is 4.79 Å². The number of nitriles is 1. The summed E-state index contributed by atoms with van der Waals surface area (Å²) >= 11 is 1.13. The first-order valence-electron chi connectivity index (χ1n) is 6.04. The Balaban J connectivity index is 2.63. The predicted molar refractivity (Wildman–Crippen MR) is 80.6 cm³/mol. The summed E-state index contributed by atoms with van der Waals surface area (Å²) in [6, 6.07) is 9.20. The molecule has 106 valence electrons. The third-order valence-corrected chi connectivity index (χ3v) is 2.74. The van der Waals surface area contributed by atoms with Crippen LogP contribution in [0.15, 0.2) is 35.3 Å². The van der Waals surface area contributed by atoms with Crippen molar-refractivity contribution in [2.45, 2.75) is 26.4 Å². The molecule has 0 aliphatic rings. The molecular weight excluding hydrogens is 274 g/mol. The number of carbonyl (C=O) groups is 1. The van der Waals surface area contributed by atoms with Gasteiger partial charge in [-0.2, -0.15) is 5.26 Å². The van der Waals surface area contributed by atoms with Crippen molar-refractivity contribution in [2.24, 2.45) is 4.99 Å². The van der Waals surface area contributed by atoms with Crippen molar-refractivity contribution >= 4 is 28.6 Å². The minimum Gasteiger partial charge on any atom is -0.459 e. The number of nitrogens with zero attached hydrogens (tertiary/aromatic N) is 2. The zero-order chi connectivity index (χ0) is 15.0. The van der Waals surface area contributed by atoms with Crippen LogP contribution in [0.25, 0.3) is 0 Å². The van der Waals surface area contributed by atoms with Crippen LogP contribution in [0.3, 0.4) is 0 Å². The Morgan fingerprint density at radius 3 is 2.60 bits per heavy atom. The second-order valence-electron chi connectivity index (χ2n) is 4.86. The Kier molecular flexibility index (Phi) is 6.07. The largest absolute Gasteiger partial charge is 0.459 e. The number of esters is 1. The van der Waals surface area contributed by atoms with Crippen LogP contribution in [0.4, 0.5) is 5.69 Å². The van der Waals surface area contributed by atoms with Gasteiger partial charge in [0.2, 0.25) is 0 Å². The molecule has 0 saturated carbocycles. The molecule has 0 spiro atoms. The number of hydrogen-bond acceptors (Lipinski definition) is 5. The van der Waals surface area contributed by atoms with Gasteiger partial charge in [0.05, 0.1) is 11.4 Å². The van der Waals surface area contributed by atoms with Crippen LogP contribution < -0.4 is 5.32 Å². The molecule has 0 atom stereocenters. The molecule has 20 heavy (non-hydrogen) atoms. The zero-order valence-corrected chi connectivity index (χ0v) is 12.5. The van der Waals surface area contributed by atoms with Gasteiger partial charge >= 0.3 is 5.97 Å². The van der Waals surface area contributed by atoms with Crippen LogP contribution in [0, 0.1) is 11.5 Å². The summed E-state index contributed by atoms with van der Waals surface area (Å²) in [6.45, 7) is 5.42. The highest BCUT2D eigenvalue weighted by atomic mass is 32.2. The van der Waals surface area contributed by atoms with E-state index in [-0.39, 0.29) is 11.7 Å². The van der Waals surface area contributed by atoms with E-state index in [1.165, 1.54) is 0 Å². The van der Waals surface area contributed by atoms with E-state index >= 15 is 0 Å². The van der Waals surface area contributed by atoms with E-state index in [0.717, 1.165) is 11.8 Å². The van der Waals surface area contributed by atoms with Gasteiger partial charge in [0.1, 0.15) is 5.60 Å². The lowest BCUT2D eigenvalue weighted by molar-refractivity contribution is -0.151. The van der Waals surface area contributed by atoms with Crippen molar-refractivity contribution in [3.05, 3.63) is 30.3 Å². The van der Waals surface area contributed by atoms with Crippen molar-refractivity contribution in [3.63, 3.8) is 0 Å². The number of aliphatic imine (C=N–C) groups is 1. The molecule has 0 aliphatic carbocycles. The SMILES string of the molecule is CC(C)(C)OC(=O)CSC(=Nc1ccccc1)NC#N. The lowest BCUT2D eigenvalue weighted by Crippen LogP contribution is -2.26. The minimum absolute atomic E-state index is 0.0949. The average molecular weight is 291 g/mol. The first kappa shape index (κ1) is 16.1. The first-order valence-corrected chi connectivity index (χ1v) is 7.03. The van der Waals surface area contributed by atoms with Gasteiger partial charge in [0.25, 0.3) is 0 Å². The maximum atomic E-state index is 11.6. The van der Waals surface area contributed by atoms with Crippen LogP contribution in [-0.4, -0.2) is 22.5 Å². The van der Waals surface area contributed by atoms with Gasteiger partial charge in [0.15, 0.2) is 11.4 Å². The number of carbonyl (C=O) groups excluding carboxylic acids is 1. The standard InChI is InChI=1S/C14H17N3O2S/c1-14(2,3)19-12(18)9-20-13(16-10-15)17-11-7-5-4-6-8-11/h4-8H,9H2,1-3H3,(H,16,17). The first-order chi connectivity index (χ1) is 9.40. The molecule has 1 rings (SSSR count). The second kappa shape index (κ2) is 7.56. The van der Waals surface area contributed by atoms with E-state index < -0.39 is 5.60 Å². The average Bonchev–Trinajstić information content (AvgIpc) is 2.35. The van der Waals surface area contributed by atoms with Gasteiger partial charge < -0.3 is 4.74 Å². The molecule has 0 unspecified atom stereocenters. The quantitative estimate of drug-likeness (QED) is 0.305. The Hall–Kier alpha value is -2.00. The smallest absolute Gasteiger partial charge is 0.316 e. The molecule has 0 heterocycles. The molecule has 0 saturated heterocycles. The van der Waals surface area contributed by atoms with Crippen LogP contribution in [0.1, 0.15) is 20.8 Å². The molecule has 0 bridgehead atoms. The van der Waals surface area contributed by atoms with Crippen molar-refractivity contribution < 1.29 is 9.53 Å². The van der Waals surface area contributed by atoms with E-state index in [2.05, 4.69) is 10.3 Å². The summed E-state index contributed by atoms with van der Waals surface area (Å²) in [4.78, 5) is 15.9. The molecule has 1 aromatic carbocycles. The summed E-state index contributed by atoms with van der Waals surface area (Å²) in [5, 5.41) is 11.5. The summed E-state index contributed by atoms with van der Waals surface area (Å²) < 4.78 is 5.19. The number of amidine groups is 1. The highest BCUT2D eigenvalue weighted by molar-refractivity contribution is 8.14. The molecule has 0 fully saturated rings. The third-order valence-electron chi connectivity index (χ3n) is 1.90. The summed E-state index contributed by atoms with van der Waals surface area (Å²) in [7, 11) is 0. The Morgan fingerprint density at radius 1 is 1.40 bits per heavy atom. The van der Waals surface area contributed by atoms with Crippen LogP contribution in [0.2, 0.25) is 0 Å². The molecule has 5 nitrogen and oxygen atoms in total. The summed E-state index contributed by atoms with van der Waals surface area (Å²) in [6.07, 6.45) is 1.81. The minimum atomic E-state index is -0.517. The molecule has 1 aromatic rings. The van der Waals surface area contributed by atoms with Gasteiger partial charge in [-0.05, 0) is 32.9 Å². The predicted octanol–water partition coefficient (Wildman–Crippen LogP) is 2.82. The maximum Gasteiger partial charge on any atom is 0.316 e. The molecule has 0 aromatic heterocycles. The lowest BCUT2D eigenvalue weighted by atomic mass is 10.2. The molecular formula is C14H17N3O2S. The molecule has 0 amide bonds. The molecule has 6 heteroatoms. The number of ether oxygens (including phenoxy) is 1. The number of hydrogen-bond donors (Lipinski definition) is 1. The van der Waals surface area contributed by atoms with E-state index in [1.54, 1.807) is 6.19 Å². The number of thioether (sulfide) groups is 1. The molecule has 1 N–H and O–H groups in total. The van der Waals surface area contributed by atoms with Crippen molar-refractivity contribution in [1.29, 1.82) is 5.26 Å². The fourth-order valence-corrected chi connectivity index (χ4v) is 1.86. The monoisotopic (exact) mass is 291 g/mol. The highest BCUT2D eigenvalue weighted by Gasteiger charge is 2.16. The number of rotatable bonds is 3. The number of benzene rings is 1. The lowest BCUT2D eigenvalue weighted by Gasteiger charge is -2.19. The number of nitrogens with one attached hydrogen (secondary N) is 1. The van der Waals surface area contributed by atoms with E-state index in [1.807, 2.05) is 51.1 Å². The second-order valence-corrected chi connectivity index (χ2v) is 5.83. The summed E-state index contributed by atoms with van der Waals surface area (Å²) in [5.74, 6) is -0.250. The Bertz CT molecular complexity index is 515. The molecule has 0 radical (unpaired) electrons. The fourth-order valence-electron chi connectivity index (χ4n) is 1.26. The Morgan fingerprint density at radius 2 is 2.05 bits per heavy atom. The van der Waals surface area contributed by atoms with E-state index in [4.69, 9.17) is 10.00 Å². The van der Waals surface area contributed by atoms with Crippen LogP contribution in [-0.2, 0) is 9.53 Å². The van der Waals surface area contributed by atoms with Crippen molar-refractivity contribution in [2.75, 3.05) is 5.75 Å². The fraction of sp³-hybridized carbons (Fsp3) is 0.357. The molecule has 0 aliphatic heterocycles. The van der Waals surface area contributed by atoms with Crippen LogP contribution >= 0.6 is 11.8 Å². The Labute approximate surface area is 123 Å².